The third kappa shape index (κ3) is 2.31. The van der Waals surface area contributed by atoms with Crippen molar-refractivity contribution in [1.29, 1.82) is 0 Å². The average Bonchev–Trinajstić information content (AvgIpc) is 2.71. The number of ether oxygens (including phenoxy) is 1. The van der Waals surface area contributed by atoms with Crippen LogP contribution in [0.3, 0.4) is 0 Å². The summed E-state index contributed by atoms with van der Waals surface area (Å²) in [7, 11) is 1.65. The van der Waals surface area contributed by atoms with Crippen molar-refractivity contribution in [3.05, 3.63) is 29.0 Å². The molecule has 0 spiro atoms. The third-order valence-electron chi connectivity index (χ3n) is 2.67. The zero-order valence-electron chi connectivity index (χ0n) is 11.0. The molecule has 0 aliphatic heterocycles. The summed E-state index contributed by atoms with van der Waals surface area (Å²) < 4.78 is 7.87. The van der Waals surface area contributed by atoms with Gasteiger partial charge in [-0.25, -0.2) is 0 Å². The van der Waals surface area contributed by atoms with Gasteiger partial charge in [-0.05, 0) is 45.1 Å². The monoisotopic (exact) mass is 263 g/mol. The first-order valence-electron chi connectivity index (χ1n) is 5.76. The van der Waals surface area contributed by atoms with Gasteiger partial charge in [0.2, 0.25) is 0 Å². The van der Waals surface area contributed by atoms with E-state index in [9.17, 15) is 0 Å². The van der Waals surface area contributed by atoms with Crippen LogP contribution in [-0.4, -0.2) is 21.9 Å². The Morgan fingerprint density at radius 3 is 2.67 bits per heavy atom. The Morgan fingerprint density at radius 1 is 1.33 bits per heavy atom. The van der Waals surface area contributed by atoms with E-state index in [4.69, 9.17) is 17.0 Å². The van der Waals surface area contributed by atoms with Crippen LogP contribution in [0.25, 0.3) is 11.4 Å². The fourth-order valence-electron chi connectivity index (χ4n) is 1.88. The molecule has 1 N–H and O–H groups in total. The minimum atomic E-state index is -0.123. The maximum Gasteiger partial charge on any atom is 0.195 e. The van der Waals surface area contributed by atoms with Crippen molar-refractivity contribution >= 4 is 12.2 Å². The summed E-state index contributed by atoms with van der Waals surface area (Å²) in [5.41, 5.74) is 0.860. The molecule has 0 amide bonds. The van der Waals surface area contributed by atoms with Gasteiger partial charge in [0.25, 0.3) is 0 Å². The molecule has 0 bridgehead atoms. The number of hydrogen-bond donors (Lipinski definition) is 1. The smallest absolute Gasteiger partial charge is 0.195 e. The van der Waals surface area contributed by atoms with Crippen molar-refractivity contribution in [3.8, 4) is 17.1 Å². The molecule has 0 fully saturated rings. The minimum Gasteiger partial charge on any atom is -0.497 e. The molecule has 96 valence electrons. The van der Waals surface area contributed by atoms with Crippen molar-refractivity contribution in [2.24, 2.45) is 0 Å². The average molecular weight is 263 g/mol. The first-order chi connectivity index (χ1) is 8.43. The summed E-state index contributed by atoms with van der Waals surface area (Å²) in [6.07, 6.45) is 0. The molecule has 0 saturated heterocycles. The number of methoxy groups -OCH3 is 1. The van der Waals surface area contributed by atoms with Gasteiger partial charge in [0.15, 0.2) is 10.6 Å². The normalized spacial score (nSPS) is 11.6. The maximum atomic E-state index is 5.30. The van der Waals surface area contributed by atoms with Gasteiger partial charge in [-0.15, -0.1) is 0 Å². The molecule has 0 aliphatic carbocycles. The van der Waals surface area contributed by atoms with E-state index in [1.54, 1.807) is 7.11 Å². The van der Waals surface area contributed by atoms with Gasteiger partial charge in [-0.3, -0.25) is 9.67 Å². The summed E-state index contributed by atoms with van der Waals surface area (Å²) in [5, 5.41) is 7.17. The van der Waals surface area contributed by atoms with E-state index in [0.29, 0.717) is 4.77 Å². The third-order valence-corrected chi connectivity index (χ3v) is 2.94. The van der Waals surface area contributed by atoms with E-state index in [0.717, 1.165) is 17.1 Å². The van der Waals surface area contributed by atoms with Gasteiger partial charge in [0.05, 0.1) is 7.11 Å². The standard InChI is InChI=1S/C13H17N3OS/c1-13(2,3)16-11(14-15-12(16)18)9-6-5-7-10(8-9)17-4/h5-8H,1-4H3,(H,15,18). The second kappa shape index (κ2) is 4.57. The molecule has 4 nitrogen and oxygen atoms in total. The summed E-state index contributed by atoms with van der Waals surface area (Å²) in [5.74, 6) is 1.63. The van der Waals surface area contributed by atoms with Crippen LogP contribution in [0.5, 0.6) is 5.75 Å². The molecule has 0 aliphatic rings. The van der Waals surface area contributed by atoms with Crippen LogP contribution in [0.15, 0.2) is 24.3 Å². The zero-order valence-corrected chi connectivity index (χ0v) is 11.8. The molecule has 1 heterocycles. The lowest BCUT2D eigenvalue weighted by Gasteiger charge is -2.22. The molecule has 18 heavy (non-hydrogen) atoms. The molecular formula is C13H17N3OS. The zero-order chi connectivity index (χ0) is 13.3. The second-order valence-corrected chi connectivity index (χ2v) is 5.48. The van der Waals surface area contributed by atoms with Crippen LogP contribution in [0.1, 0.15) is 20.8 Å². The van der Waals surface area contributed by atoms with E-state index in [1.807, 2.05) is 28.8 Å². The molecule has 2 rings (SSSR count). The van der Waals surface area contributed by atoms with Gasteiger partial charge in [0, 0.05) is 11.1 Å². The Hall–Kier alpha value is -1.62. The van der Waals surface area contributed by atoms with Gasteiger partial charge in [-0.2, -0.15) is 5.10 Å². The Morgan fingerprint density at radius 2 is 2.06 bits per heavy atom. The largest absolute Gasteiger partial charge is 0.497 e. The van der Waals surface area contributed by atoms with E-state index in [2.05, 4.69) is 31.0 Å². The van der Waals surface area contributed by atoms with E-state index in [1.165, 1.54) is 0 Å². The van der Waals surface area contributed by atoms with Crippen LogP contribution in [0.2, 0.25) is 0 Å². The highest BCUT2D eigenvalue weighted by atomic mass is 32.1. The first-order valence-corrected chi connectivity index (χ1v) is 6.16. The summed E-state index contributed by atoms with van der Waals surface area (Å²) in [6.45, 7) is 6.30. The van der Waals surface area contributed by atoms with E-state index in [-0.39, 0.29) is 5.54 Å². The van der Waals surface area contributed by atoms with Gasteiger partial charge in [0.1, 0.15) is 5.75 Å². The van der Waals surface area contributed by atoms with Crippen molar-refractivity contribution in [1.82, 2.24) is 14.8 Å². The molecule has 0 atom stereocenters. The molecule has 1 aromatic heterocycles. The van der Waals surface area contributed by atoms with Crippen LogP contribution in [0, 0.1) is 4.77 Å². The molecule has 0 unspecified atom stereocenters. The van der Waals surface area contributed by atoms with Crippen molar-refractivity contribution in [2.45, 2.75) is 26.3 Å². The Bertz CT molecular complexity index is 607. The summed E-state index contributed by atoms with van der Waals surface area (Å²) in [4.78, 5) is 0. The highest BCUT2D eigenvalue weighted by Gasteiger charge is 2.20. The number of aromatic nitrogens is 3. The Labute approximate surface area is 112 Å². The summed E-state index contributed by atoms with van der Waals surface area (Å²) >= 11 is 5.30. The van der Waals surface area contributed by atoms with Crippen molar-refractivity contribution in [2.75, 3.05) is 7.11 Å². The topological polar surface area (TPSA) is 42.8 Å². The summed E-state index contributed by atoms with van der Waals surface area (Å²) in [6, 6.07) is 7.80. The number of H-pyrrole nitrogens is 1. The number of benzene rings is 1. The molecule has 5 heteroatoms. The molecule has 0 radical (unpaired) electrons. The second-order valence-electron chi connectivity index (χ2n) is 5.09. The van der Waals surface area contributed by atoms with Crippen LogP contribution in [0.4, 0.5) is 0 Å². The molecular weight excluding hydrogens is 246 g/mol. The fourth-order valence-corrected chi connectivity index (χ4v) is 2.28. The van der Waals surface area contributed by atoms with Gasteiger partial charge in [-0.1, -0.05) is 12.1 Å². The van der Waals surface area contributed by atoms with Gasteiger partial charge >= 0.3 is 0 Å². The lowest BCUT2D eigenvalue weighted by molar-refractivity contribution is 0.395. The number of aromatic amines is 1. The predicted octanol–water partition coefficient (Wildman–Crippen LogP) is 3.37. The number of rotatable bonds is 2. The molecule has 2 aromatic rings. The van der Waals surface area contributed by atoms with Crippen LogP contribution in [-0.2, 0) is 5.54 Å². The fraction of sp³-hybridized carbons (Fsp3) is 0.385. The lowest BCUT2D eigenvalue weighted by Crippen LogP contribution is -2.22. The molecule has 0 saturated carbocycles. The lowest BCUT2D eigenvalue weighted by atomic mass is 10.1. The van der Waals surface area contributed by atoms with Gasteiger partial charge < -0.3 is 4.74 Å². The highest BCUT2D eigenvalue weighted by molar-refractivity contribution is 7.71. The SMILES string of the molecule is COc1cccc(-c2n[nH]c(=S)n2C(C)(C)C)c1. The highest BCUT2D eigenvalue weighted by Crippen LogP contribution is 2.26. The minimum absolute atomic E-state index is 0.123. The van der Waals surface area contributed by atoms with Crippen LogP contribution >= 0.6 is 12.2 Å². The Kier molecular flexibility index (Phi) is 3.26. The van der Waals surface area contributed by atoms with Crippen LogP contribution < -0.4 is 4.74 Å². The van der Waals surface area contributed by atoms with E-state index >= 15 is 0 Å². The Balaban J connectivity index is 2.61. The number of hydrogen-bond acceptors (Lipinski definition) is 3. The first kappa shape index (κ1) is 12.8. The van der Waals surface area contributed by atoms with E-state index < -0.39 is 0 Å². The number of nitrogens with one attached hydrogen (secondary N) is 1. The quantitative estimate of drug-likeness (QED) is 0.845. The number of nitrogens with zero attached hydrogens (tertiary/aromatic N) is 2. The van der Waals surface area contributed by atoms with Crippen molar-refractivity contribution < 1.29 is 4.74 Å². The maximum absolute atomic E-state index is 5.30. The predicted molar refractivity (Wildman–Crippen MR) is 74.4 cm³/mol. The molecule has 1 aromatic carbocycles. The van der Waals surface area contributed by atoms with Crippen molar-refractivity contribution in [3.63, 3.8) is 0 Å².